The van der Waals surface area contributed by atoms with E-state index in [9.17, 15) is 4.79 Å². The van der Waals surface area contributed by atoms with Crippen LogP contribution >= 0.6 is 11.8 Å². The second-order valence-corrected chi connectivity index (χ2v) is 4.44. The lowest BCUT2D eigenvalue weighted by molar-refractivity contribution is -0.136. The van der Waals surface area contributed by atoms with Gasteiger partial charge in [0.2, 0.25) is 0 Å². The lowest BCUT2D eigenvalue weighted by Gasteiger charge is -2.03. The van der Waals surface area contributed by atoms with Crippen LogP contribution in [0.4, 0.5) is 5.69 Å². The number of hydrogen-bond acceptors (Lipinski definition) is 4. The molecule has 5 nitrogen and oxygen atoms in total. The van der Waals surface area contributed by atoms with Gasteiger partial charge in [0.1, 0.15) is 0 Å². The molecule has 0 fully saturated rings. The second-order valence-electron chi connectivity index (χ2n) is 3.30. The fraction of sp³-hybridized carbons (Fsp3) is 0.200. The molecule has 0 unspecified atom stereocenters. The first-order chi connectivity index (χ1) is 7.68. The normalized spacial score (nSPS) is 10.8. The van der Waals surface area contributed by atoms with Crippen molar-refractivity contribution in [3.8, 4) is 0 Å². The van der Waals surface area contributed by atoms with Gasteiger partial charge in [0, 0.05) is 16.0 Å². The third kappa shape index (κ3) is 2.11. The minimum Gasteiger partial charge on any atom is -0.481 e. The molecule has 0 spiro atoms. The number of carbonyl (C=O) groups is 1. The van der Waals surface area contributed by atoms with E-state index < -0.39 is 5.97 Å². The van der Waals surface area contributed by atoms with Crippen LogP contribution < -0.4 is 5.73 Å². The van der Waals surface area contributed by atoms with Gasteiger partial charge in [0.15, 0.2) is 0 Å². The summed E-state index contributed by atoms with van der Waals surface area (Å²) in [5.41, 5.74) is 7.23. The Hall–Kier alpha value is -1.69. The first-order valence-electron chi connectivity index (χ1n) is 4.74. The van der Waals surface area contributed by atoms with E-state index in [2.05, 4.69) is 10.2 Å². The molecule has 0 radical (unpaired) electrons. The minimum absolute atomic E-state index is 0.147. The van der Waals surface area contributed by atoms with Crippen molar-refractivity contribution in [3.05, 3.63) is 18.3 Å². The molecule has 0 saturated heterocycles. The topological polar surface area (TPSA) is 92.0 Å². The van der Waals surface area contributed by atoms with E-state index in [0.29, 0.717) is 11.4 Å². The molecule has 1 aromatic heterocycles. The Morgan fingerprint density at radius 1 is 1.56 bits per heavy atom. The Morgan fingerprint density at radius 2 is 2.38 bits per heavy atom. The van der Waals surface area contributed by atoms with E-state index in [1.54, 1.807) is 12.3 Å². The number of nitrogens with two attached hydrogens (primary N) is 1. The Morgan fingerprint density at radius 3 is 3.12 bits per heavy atom. The Bertz CT molecular complexity index is 524. The number of aromatic amines is 1. The lowest BCUT2D eigenvalue weighted by atomic mass is 10.2. The van der Waals surface area contributed by atoms with Crippen LogP contribution in [0.5, 0.6) is 0 Å². The number of rotatable bonds is 4. The van der Waals surface area contributed by atoms with E-state index in [1.165, 1.54) is 11.8 Å². The number of thioether (sulfide) groups is 1. The zero-order chi connectivity index (χ0) is 11.5. The van der Waals surface area contributed by atoms with Gasteiger partial charge in [-0.1, -0.05) is 0 Å². The zero-order valence-electron chi connectivity index (χ0n) is 8.43. The highest BCUT2D eigenvalue weighted by molar-refractivity contribution is 7.99. The fourth-order valence-electron chi connectivity index (χ4n) is 1.41. The van der Waals surface area contributed by atoms with Gasteiger partial charge in [0.25, 0.3) is 0 Å². The Labute approximate surface area is 96.0 Å². The van der Waals surface area contributed by atoms with Crippen LogP contribution in [0.15, 0.2) is 23.2 Å². The number of hydrogen-bond donors (Lipinski definition) is 3. The van der Waals surface area contributed by atoms with Gasteiger partial charge >= 0.3 is 5.97 Å². The van der Waals surface area contributed by atoms with E-state index in [1.807, 2.05) is 6.07 Å². The summed E-state index contributed by atoms with van der Waals surface area (Å²) < 4.78 is 0. The molecule has 1 heterocycles. The summed E-state index contributed by atoms with van der Waals surface area (Å²) in [7, 11) is 0. The maximum Gasteiger partial charge on any atom is 0.304 e. The third-order valence-corrected chi connectivity index (χ3v) is 3.26. The lowest BCUT2D eigenvalue weighted by Crippen LogP contribution is -1.96. The molecule has 0 amide bonds. The standard InChI is InChI=1S/C10H11N3O2S/c11-7-1-2-8(16-4-3-9(14)15)6-5-12-13-10(6)7/h1-2,5H,3-4,11H2,(H,12,13)(H,14,15). The quantitative estimate of drug-likeness (QED) is 0.556. The molecule has 6 heteroatoms. The van der Waals surface area contributed by atoms with Crippen molar-refractivity contribution < 1.29 is 9.90 Å². The van der Waals surface area contributed by atoms with Crippen molar-refractivity contribution in [2.75, 3.05) is 11.5 Å². The molecule has 2 rings (SSSR count). The van der Waals surface area contributed by atoms with Gasteiger partial charge in [-0.05, 0) is 12.1 Å². The zero-order valence-corrected chi connectivity index (χ0v) is 9.25. The number of carboxylic acid groups (broad SMARTS) is 1. The predicted molar refractivity (Wildman–Crippen MR) is 63.5 cm³/mol. The number of nitrogens with one attached hydrogen (secondary N) is 1. The molecule has 84 valence electrons. The van der Waals surface area contributed by atoms with E-state index in [-0.39, 0.29) is 6.42 Å². The van der Waals surface area contributed by atoms with Gasteiger partial charge in [-0.3, -0.25) is 9.89 Å². The SMILES string of the molecule is Nc1ccc(SCCC(=O)O)c2cn[nH]c12. The minimum atomic E-state index is -0.786. The average Bonchev–Trinajstić information content (AvgIpc) is 2.70. The highest BCUT2D eigenvalue weighted by atomic mass is 32.2. The summed E-state index contributed by atoms with van der Waals surface area (Å²) in [6.07, 6.45) is 1.85. The number of aromatic nitrogens is 2. The number of aliphatic carboxylic acids is 1. The van der Waals surface area contributed by atoms with Crippen LogP contribution in [-0.2, 0) is 4.79 Å². The fourth-order valence-corrected chi connectivity index (χ4v) is 2.38. The number of carboxylic acids is 1. The average molecular weight is 237 g/mol. The molecule has 1 aromatic carbocycles. The van der Waals surface area contributed by atoms with Crippen molar-refractivity contribution in [1.82, 2.24) is 10.2 Å². The molecule has 2 aromatic rings. The molecule has 0 aliphatic heterocycles. The highest BCUT2D eigenvalue weighted by Crippen LogP contribution is 2.30. The number of H-pyrrole nitrogens is 1. The Kier molecular flexibility index (Phi) is 3.00. The van der Waals surface area contributed by atoms with Crippen molar-refractivity contribution in [3.63, 3.8) is 0 Å². The van der Waals surface area contributed by atoms with Crippen molar-refractivity contribution in [2.24, 2.45) is 0 Å². The molecule has 0 atom stereocenters. The maximum atomic E-state index is 10.4. The number of nitrogen functional groups attached to an aromatic ring is 1. The molecule has 0 aliphatic carbocycles. The largest absolute Gasteiger partial charge is 0.481 e. The van der Waals surface area contributed by atoms with Crippen molar-refractivity contribution >= 4 is 34.3 Å². The van der Waals surface area contributed by atoms with Crippen LogP contribution in [0.25, 0.3) is 10.9 Å². The summed E-state index contributed by atoms with van der Waals surface area (Å²) >= 11 is 1.50. The number of nitrogens with zero attached hydrogens (tertiary/aromatic N) is 1. The van der Waals surface area contributed by atoms with Gasteiger partial charge in [-0.15, -0.1) is 11.8 Å². The molecule has 0 bridgehead atoms. The Balaban J connectivity index is 2.21. The van der Waals surface area contributed by atoms with Gasteiger partial charge in [-0.25, -0.2) is 0 Å². The highest BCUT2D eigenvalue weighted by Gasteiger charge is 2.07. The first-order valence-corrected chi connectivity index (χ1v) is 5.73. The number of anilines is 1. The number of benzene rings is 1. The first kappa shape index (κ1) is 10.8. The molecule has 4 N–H and O–H groups in total. The van der Waals surface area contributed by atoms with Crippen molar-refractivity contribution in [2.45, 2.75) is 11.3 Å². The van der Waals surface area contributed by atoms with Crippen LogP contribution in [0.1, 0.15) is 6.42 Å². The molecule has 0 saturated carbocycles. The third-order valence-electron chi connectivity index (χ3n) is 2.18. The van der Waals surface area contributed by atoms with Crippen LogP contribution in [-0.4, -0.2) is 27.0 Å². The van der Waals surface area contributed by atoms with Gasteiger partial charge in [0.05, 0.1) is 23.8 Å². The second kappa shape index (κ2) is 4.44. The van der Waals surface area contributed by atoms with Crippen LogP contribution in [0, 0.1) is 0 Å². The molecular weight excluding hydrogens is 226 g/mol. The number of fused-ring (bicyclic) bond motifs is 1. The molecule has 16 heavy (non-hydrogen) atoms. The summed E-state index contributed by atoms with van der Waals surface area (Å²) in [6.45, 7) is 0. The van der Waals surface area contributed by atoms with E-state index in [0.717, 1.165) is 15.8 Å². The van der Waals surface area contributed by atoms with E-state index >= 15 is 0 Å². The summed E-state index contributed by atoms with van der Waals surface area (Å²) in [4.78, 5) is 11.4. The monoisotopic (exact) mass is 237 g/mol. The summed E-state index contributed by atoms with van der Waals surface area (Å²) in [6, 6.07) is 3.68. The summed E-state index contributed by atoms with van der Waals surface area (Å²) in [5, 5.41) is 16.3. The van der Waals surface area contributed by atoms with Gasteiger partial charge in [-0.2, -0.15) is 5.10 Å². The molecule has 0 aliphatic rings. The van der Waals surface area contributed by atoms with E-state index in [4.69, 9.17) is 10.8 Å². The van der Waals surface area contributed by atoms with Gasteiger partial charge < -0.3 is 10.8 Å². The smallest absolute Gasteiger partial charge is 0.304 e. The van der Waals surface area contributed by atoms with Crippen molar-refractivity contribution in [1.29, 1.82) is 0 Å². The summed E-state index contributed by atoms with van der Waals surface area (Å²) in [5.74, 6) is -0.245. The van der Waals surface area contributed by atoms with Crippen LogP contribution in [0.3, 0.4) is 0 Å². The predicted octanol–water partition coefficient (Wildman–Crippen LogP) is 1.71. The van der Waals surface area contributed by atoms with Crippen LogP contribution in [0.2, 0.25) is 0 Å². The maximum absolute atomic E-state index is 10.4. The molecular formula is C10H11N3O2S.